The van der Waals surface area contributed by atoms with E-state index in [-0.39, 0.29) is 26.7 Å². The first-order chi connectivity index (χ1) is 12.6. The van der Waals surface area contributed by atoms with Crippen LogP contribution in [0.4, 0.5) is 8.78 Å². The second-order valence-electron chi connectivity index (χ2n) is 6.74. The minimum absolute atomic E-state index is 0.0434. The lowest BCUT2D eigenvalue weighted by Crippen LogP contribution is -2.35. The highest BCUT2D eigenvalue weighted by molar-refractivity contribution is 7.89. The molecule has 1 aliphatic carbocycles. The molecule has 3 heterocycles. The molecule has 3 aromatic heterocycles. The number of aromatic nitrogens is 4. The smallest absolute Gasteiger partial charge is 0.291 e. The summed E-state index contributed by atoms with van der Waals surface area (Å²) in [5.41, 5.74) is -0.0471. The van der Waals surface area contributed by atoms with Crippen molar-refractivity contribution in [2.75, 3.05) is 0 Å². The van der Waals surface area contributed by atoms with E-state index in [2.05, 4.69) is 19.9 Å². The molecule has 7 nitrogen and oxygen atoms in total. The first-order valence-electron chi connectivity index (χ1n) is 7.93. The zero-order valence-electron chi connectivity index (χ0n) is 14.1. The van der Waals surface area contributed by atoms with Crippen molar-refractivity contribution in [3.8, 4) is 10.8 Å². The summed E-state index contributed by atoms with van der Waals surface area (Å²) >= 11 is 6.92. The average Bonchev–Trinajstić information content (AvgIpc) is 3.01. The lowest BCUT2D eigenvalue weighted by Gasteiger charge is -2.14. The third-order valence-corrected chi connectivity index (χ3v) is 7.53. The monoisotopic (exact) mass is 433 g/mol. The molecule has 0 bridgehead atoms. The highest BCUT2D eigenvalue weighted by Gasteiger charge is 2.49. The predicted octanol–water partition coefficient (Wildman–Crippen LogP) is 3.52. The van der Waals surface area contributed by atoms with Gasteiger partial charge in [-0.25, -0.2) is 26.9 Å². The number of halogens is 3. The van der Waals surface area contributed by atoms with E-state index in [1.54, 1.807) is 0 Å². The van der Waals surface area contributed by atoms with Gasteiger partial charge in [-0.2, -0.15) is 0 Å². The Morgan fingerprint density at radius 1 is 1.44 bits per heavy atom. The van der Waals surface area contributed by atoms with Gasteiger partial charge in [-0.05, 0) is 25.3 Å². The summed E-state index contributed by atoms with van der Waals surface area (Å²) in [5, 5.41) is 7.05. The summed E-state index contributed by atoms with van der Waals surface area (Å²) in [7, 11) is -3.82. The molecule has 1 saturated carbocycles. The second-order valence-corrected chi connectivity index (χ2v) is 9.83. The van der Waals surface area contributed by atoms with Gasteiger partial charge in [0.1, 0.15) is 4.90 Å². The maximum atomic E-state index is 12.8. The van der Waals surface area contributed by atoms with E-state index in [1.165, 1.54) is 22.9 Å². The van der Waals surface area contributed by atoms with Crippen LogP contribution in [-0.2, 0) is 10.0 Å². The first-order valence-corrected chi connectivity index (χ1v) is 10.6. The van der Waals surface area contributed by atoms with Crippen LogP contribution in [0.15, 0.2) is 23.4 Å². The molecule has 27 heavy (non-hydrogen) atoms. The van der Waals surface area contributed by atoms with Crippen molar-refractivity contribution < 1.29 is 17.2 Å². The summed E-state index contributed by atoms with van der Waals surface area (Å²) in [6, 6.07) is 1.34. The fraction of sp³-hybridized carbons (Fsp3) is 0.400. The number of imidazole rings is 1. The Hall–Kier alpha value is -1.69. The summed E-state index contributed by atoms with van der Waals surface area (Å²) in [5.74, 6) is 0.434. The average molecular weight is 434 g/mol. The zero-order chi connectivity index (χ0) is 19.6. The maximum Gasteiger partial charge on any atom is 0.291 e. The largest absolute Gasteiger partial charge is 0.295 e. The van der Waals surface area contributed by atoms with Gasteiger partial charge in [-0.15, -0.1) is 10.2 Å². The third kappa shape index (κ3) is 3.22. The Labute approximate surface area is 162 Å². The van der Waals surface area contributed by atoms with Crippen LogP contribution >= 0.6 is 22.9 Å². The minimum Gasteiger partial charge on any atom is -0.295 e. The SMILES string of the molecule is CC1CC1(C)NS(=O)(=O)c1cc(Cl)c2cnc(-c3nnc(C(F)F)s3)n2c1. The van der Waals surface area contributed by atoms with Crippen LogP contribution in [0.1, 0.15) is 31.7 Å². The van der Waals surface area contributed by atoms with Gasteiger partial charge in [-0.1, -0.05) is 29.9 Å². The molecule has 1 aliphatic rings. The van der Waals surface area contributed by atoms with E-state index in [1.807, 2.05) is 13.8 Å². The number of rotatable bonds is 5. The minimum atomic E-state index is -3.82. The highest BCUT2D eigenvalue weighted by Crippen LogP contribution is 2.43. The number of sulfonamides is 1. The quantitative estimate of drug-likeness (QED) is 0.665. The molecule has 2 atom stereocenters. The Balaban J connectivity index is 1.80. The van der Waals surface area contributed by atoms with E-state index >= 15 is 0 Å². The fourth-order valence-corrected chi connectivity index (χ4v) is 5.38. The molecule has 12 heteroatoms. The molecule has 3 aromatic rings. The number of hydrogen-bond donors (Lipinski definition) is 1. The predicted molar refractivity (Wildman–Crippen MR) is 96.6 cm³/mol. The van der Waals surface area contributed by atoms with E-state index < -0.39 is 27.0 Å². The van der Waals surface area contributed by atoms with Gasteiger partial charge in [0, 0.05) is 11.7 Å². The fourth-order valence-electron chi connectivity index (χ4n) is 2.84. The van der Waals surface area contributed by atoms with E-state index in [4.69, 9.17) is 11.6 Å². The van der Waals surface area contributed by atoms with Gasteiger partial charge in [0.2, 0.25) is 10.0 Å². The van der Waals surface area contributed by atoms with Crippen LogP contribution in [0.3, 0.4) is 0 Å². The molecule has 1 fully saturated rings. The Morgan fingerprint density at radius 2 is 2.15 bits per heavy atom. The molecule has 0 saturated heterocycles. The molecule has 0 spiro atoms. The van der Waals surface area contributed by atoms with Gasteiger partial charge < -0.3 is 0 Å². The van der Waals surface area contributed by atoms with Crippen molar-refractivity contribution in [2.24, 2.45) is 5.92 Å². The van der Waals surface area contributed by atoms with Gasteiger partial charge in [0.05, 0.1) is 16.7 Å². The first kappa shape index (κ1) is 18.7. The maximum absolute atomic E-state index is 12.8. The summed E-state index contributed by atoms with van der Waals surface area (Å²) in [6.45, 7) is 3.80. The van der Waals surface area contributed by atoms with Gasteiger partial charge in [0.15, 0.2) is 15.8 Å². The summed E-state index contributed by atoms with van der Waals surface area (Å²) < 4.78 is 55.2. The standard InChI is InChI=1S/C15H14ClF2N5O2S2/c1-7-4-15(7,2)22-27(24,25)8-3-9(16)10-5-19-12(23(10)6-8)14-21-20-13(26-14)11(17)18/h3,5-7,11,22H,4H2,1-2H3. The van der Waals surface area contributed by atoms with E-state index in [0.717, 1.165) is 6.42 Å². The number of alkyl halides is 2. The Bertz CT molecular complexity index is 1150. The second kappa shape index (κ2) is 6.16. The lowest BCUT2D eigenvalue weighted by atomic mass is 10.3. The van der Waals surface area contributed by atoms with Gasteiger partial charge >= 0.3 is 0 Å². The van der Waals surface area contributed by atoms with Crippen molar-refractivity contribution in [1.82, 2.24) is 24.3 Å². The van der Waals surface area contributed by atoms with Crippen LogP contribution in [0.2, 0.25) is 5.02 Å². The molecule has 1 N–H and O–H groups in total. The normalized spacial score (nSPS) is 22.7. The molecular formula is C15H14ClF2N5O2S2. The van der Waals surface area contributed by atoms with Gasteiger partial charge in [-0.3, -0.25) is 4.40 Å². The highest BCUT2D eigenvalue weighted by atomic mass is 35.5. The van der Waals surface area contributed by atoms with Crippen LogP contribution in [0, 0.1) is 5.92 Å². The lowest BCUT2D eigenvalue weighted by molar-refractivity contribution is 0.150. The van der Waals surface area contributed by atoms with Crippen LogP contribution in [-0.4, -0.2) is 33.5 Å². The number of fused-ring (bicyclic) bond motifs is 1. The third-order valence-electron chi connectivity index (χ3n) is 4.72. The Kier molecular flexibility index (Phi) is 4.26. The van der Waals surface area contributed by atoms with Crippen molar-refractivity contribution in [1.29, 1.82) is 0 Å². The van der Waals surface area contributed by atoms with Gasteiger partial charge in [0.25, 0.3) is 6.43 Å². The van der Waals surface area contributed by atoms with E-state index in [9.17, 15) is 17.2 Å². The van der Waals surface area contributed by atoms with Crippen molar-refractivity contribution in [2.45, 2.75) is 37.1 Å². The molecule has 0 amide bonds. The number of nitrogens with zero attached hydrogens (tertiary/aromatic N) is 4. The van der Waals surface area contributed by atoms with Crippen LogP contribution < -0.4 is 4.72 Å². The topological polar surface area (TPSA) is 89.2 Å². The molecule has 144 valence electrons. The summed E-state index contributed by atoms with van der Waals surface area (Å²) in [4.78, 5) is 4.10. The van der Waals surface area contributed by atoms with Crippen molar-refractivity contribution in [3.63, 3.8) is 0 Å². The summed E-state index contributed by atoms with van der Waals surface area (Å²) in [6.07, 6.45) is 0.785. The number of pyridine rings is 1. The van der Waals surface area contributed by atoms with Crippen molar-refractivity contribution >= 4 is 38.5 Å². The molecule has 0 aliphatic heterocycles. The Morgan fingerprint density at radius 3 is 2.74 bits per heavy atom. The van der Waals surface area contributed by atoms with Crippen molar-refractivity contribution in [3.05, 3.63) is 28.5 Å². The number of nitrogens with one attached hydrogen (secondary N) is 1. The molecule has 2 unspecified atom stereocenters. The molecule has 0 aromatic carbocycles. The van der Waals surface area contributed by atoms with Crippen LogP contribution in [0.25, 0.3) is 16.3 Å². The zero-order valence-corrected chi connectivity index (χ0v) is 16.5. The molecule has 4 rings (SSSR count). The number of hydrogen-bond acceptors (Lipinski definition) is 6. The van der Waals surface area contributed by atoms with E-state index in [0.29, 0.717) is 16.9 Å². The molecule has 0 radical (unpaired) electrons. The van der Waals surface area contributed by atoms with Crippen LogP contribution in [0.5, 0.6) is 0 Å². The molecular weight excluding hydrogens is 420 g/mol.